The fourth-order valence-corrected chi connectivity index (χ4v) is 3.25. The number of hydrogen-bond acceptors (Lipinski definition) is 3. The van der Waals surface area contributed by atoms with Crippen LogP contribution >= 0.6 is 23.7 Å². The molecule has 22 heavy (non-hydrogen) atoms. The predicted molar refractivity (Wildman–Crippen MR) is 86.7 cm³/mol. The molecule has 0 fully saturated rings. The first kappa shape index (κ1) is 19.2. The highest BCUT2D eigenvalue weighted by molar-refractivity contribution is 7.17. The van der Waals surface area contributed by atoms with E-state index < -0.39 is 17.3 Å². The summed E-state index contributed by atoms with van der Waals surface area (Å²) in [6.45, 7) is 1.71. The van der Waals surface area contributed by atoms with Crippen molar-refractivity contribution in [2.45, 2.75) is 37.9 Å². The molecular weight excluding hydrogens is 335 g/mol. The molecule has 2 nitrogen and oxygen atoms in total. The summed E-state index contributed by atoms with van der Waals surface area (Å²) in [7, 11) is 0. The van der Waals surface area contributed by atoms with Gasteiger partial charge in [-0.15, -0.1) is 23.7 Å². The molecule has 2 rings (SSSR count). The lowest BCUT2D eigenvalue weighted by Gasteiger charge is -2.21. The largest absolute Gasteiger partial charge is 0.416 e. The van der Waals surface area contributed by atoms with Crippen molar-refractivity contribution in [1.29, 1.82) is 0 Å². The first-order valence-corrected chi connectivity index (χ1v) is 7.58. The van der Waals surface area contributed by atoms with Crippen molar-refractivity contribution in [2.24, 2.45) is 5.73 Å². The van der Waals surface area contributed by atoms with E-state index in [0.717, 1.165) is 29.9 Å². The predicted octanol–water partition coefficient (Wildman–Crippen LogP) is 4.37. The number of aliphatic hydroxyl groups is 1. The van der Waals surface area contributed by atoms with Crippen LogP contribution in [0, 0.1) is 0 Å². The second-order valence-electron chi connectivity index (χ2n) is 5.64. The highest BCUT2D eigenvalue weighted by Crippen LogP contribution is 2.35. The molecule has 0 aliphatic carbocycles. The molecule has 7 heteroatoms. The molecule has 0 saturated carbocycles. The summed E-state index contributed by atoms with van der Waals surface area (Å²) in [5.74, 6) is 0. The molecule has 1 aromatic carbocycles. The number of alkyl halides is 3. The van der Waals surface area contributed by atoms with Crippen LogP contribution in [0.2, 0.25) is 0 Å². The SMILES string of the molecule is C[C@@](N)(CO)CCCc1csc2cc(C(F)(F)F)ccc12.Cl. The van der Waals surface area contributed by atoms with Crippen molar-refractivity contribution in [2.75, 3.05) is 6.61 Å². The van der Waals surface area contributed by atoms with Crippen LogP contribution < -0.4 is 5.73 Å². The van der Waals surface area contributed by atoms with Crippen molar-refractivity contribution >= 4 is 33.8 Å². The minimum Gasteiger partial charge on any atom is -0.394 e. The Labute approximate surface area is 137 Å². The number of thiophene rings is 1. The summed E-state index contributed by atoms with van der Waals surface area (Å²) in [5.41, 5.74) is 5.69. The van der Waals surface area contributed by atoms with Crippen molar-refractivity contribution in [3.8, 4) is 0 Å². The number of halogens is 4. The van der Waals surface area contributed by atoms with Crippen LogP contribution in [0.4, 0.5) is 13.2 Å². The molecule has 0 spiro atoms. The van der Waals surface area contributed by atoms with E-state index in [1.54, 1.807) is 6.92 Å². The Morgan fingerprint density at radius 1 is 1.27 bits per heavy atom. The van der Waals surface area contributed by atoms with Gasteiger partial charge in [-0.3, -0.25) is 0 Å². The van der Waals surface area contributed by atoms with Gasteiger partial charge in [0.05, 0.1) is 12.2 Å². The number of aliphatic hydroxyl groups excluding tert-OH is 1. The number of nitrogens with two attached hydrogens (primary N) is 1. The molecule has 0 bridgehead atoms. The highest BCUT2D eigenvalue weighted by Gasteiger charge is 2.30. The van der Waals surface area contributed by atoms with Crippen LogP contribution in [-0.2, 0) is 12.6 Å². The normalized spacial score (nSPS) is 14.6. The minimum atomic E-state index is -4.30. The maximum Gasteiger partial charge on any atom is 0.416 e. The van der Waals surface area contributed by atoms with Crippen LogP contribution in [0.25, 0.3) is 10.1 Å². The maximum absolute atomic E-state index is 12.7. The Balaban J connectivity index is 0.00000242. The van der Waals surface area contributed by atoms with Gasteiger partial charge in [-0.25, -0.2) is 0 Å². The third-order valence-corrected chi connectivity index (χ3v) is 4.53. The summed E-state index contributed by atoms with van der Waals surface area (Å²) >= 11 is 1.33. The Kier molecular flexibility index (Phi) is 6.27. The molecule has 0 amide bonds. The number of benzene rings is 1. The van der Waals surface area contributed by atoms with E-state index in [4.69, 9.17) is 10.8 Å². The monoisotopic (exact) mass is 353 g/mol. The Morgan fingerprint density at radius 2 is 1.95 bits per heavy atom. The lowest BCUT2D eigenvalue weighted by Crippen LogP contribution is -2.40. The molecular formula is C15H19ClF3NOS. The fraction of sp³-hybridized carbons (Fsp3) is 0.467. The second kappa shape index (κ2) is 7.17. The van der Waals surface area contributed by atoms with E-state index in [2.05, 4.69) is 0 Å². The molecule has 3 N–H and O–H groups in total. The number of hydrogen-bond donors (Lipinski definition) is 2. The molecule has 0 aliphatic heterocycles. The number of fused-ring (bicyclic) bond motifs is 1. The zero-order valence-corrected chi connectivity index (χ0v) is 13.7. The molecule has 0 saturated heterocycles. The third-order valence-electron chi connectivity index (χ3n) is 3.54. The topological polar surface area (TPSA) is 46.2 Å². The molecule has 1 atom stereocenters. The molecule has 0 aliphatic rings. The Hall–Kier alpha value is -0.820. The first-order chi connectivity index (χ1) is 9.73. The smallest absolute Gasteiger partial charge is 0.394 e. The van der Waals surface area contributed by atoms with Gasteiger partial charge in [0.1, 0.15) is 0 Å². The zero-order chi connectivity index (χ0) is 15.7. The van der Waals surface area contributed by atoms with E-state index >= 15 is 0 Å². The van der Waals surface area contributed by atoms with Gasteiger partial charge in [0.25, 0.3) is 0 Å². The van der Waals surface area contributed by atoms with Crippen molar-refractivity contribution in [3.63, 3.8) is 0 Å². The molecule has 1 aromatic heterocycles. The van der Waals surface area contributed by atoms with Crippen molar-refractivity contribution in [3.05, 3.63) is 34.7 Å². The standard InChI is InChI=1S/C15H18F3NOS.ClH/c1-14(19,9-20)6-2-3-10-8-21-13-7-11(15(16,17)18)4-5-12(10)13;/h4-5,7-8,20H,2-3,6,9,19H2,1H3;1H/t14-;/m0./s1. The quantitative estimate of drug-likeness (QED) is 0.838. The molecule has 2 aromatic rings. The van der Waals surface area contributed by atoms with E-state index in [9.17, 15) is 13.2 Å². The molecule has 0 unspecified atom stereocenters. The van der Waals surface area contributed by atoms with Crippen molar-refractivity contribution < 1.29 is 18.3 Å². The van der Waals surface area contributed by atoms with Crippen LogP contribution in [0.5, 0.6) is 0 Å². The maximum atomic E-state index is 12.7. The van der Waals surface area contributed by atoms with Gasteiger partial charge in [-0.1, -0.05) is 6.07 Å². The lowest BCUT2D eigenvalue weighted by molar-refractivity contribution is -0.137. The Bertz CT molecular complexity index is 625. The third kappa shape index (κ3) is 4.59. The van der Waals surface area contributed by atoms with E-state index in [-0.39, 0.29) is 19.0 Å². The van der Waals surface area contributed by atoms with Crippen molar-refractivity contribution in [1.82, 2.24) is 0 Å². The molecule has 1 heterocycles. The van der Waals surface area contributed by atoms with E-state index in [1.807, 2.05) is 5.38 Å². The summed E-state index contributed by atoms with van der Waals surface area (Å²) in [4.78, 5) is 0. The van der Waals surface area contributed by atoms with Crippen LogP contribution in [0.3, 0.4) is 0 Å². The van der Waals surface area contributed by atoms with Gasteiger partial charge in [-0.2, -0.15) is 13.2 Å². The number of aryl methyl sites for hydroxylation is 1. The van der Waals surface area contributed by atoms with Gasteiger partial charge in [0.15, 0.2) is 0 Å². The van der Waals surface area contributed by atoms with Gasteiger partial charge < -0.3 is 10.8 Å². The average Bonchev–Trinajstić information content (AvgIpc) is 2.80. The van der Waals surface area contributed by atoms with Crippen LogP contribution in [-0.4, -0.2) is 17.3 Å². The molecule has 124 valence electrons. The van der Waals surface area contributed by atoms with Gasteiger partial charge in [-0.05, 0) is 54.6 Å². The molecule has 0 radical (unpaired) electrons. The summed E-state index contributed by atoms with van der Waals surface area (Å²) in [6.07, 6.45) is -2.10. The van der Waals surface area contributed by atoms with E-state index in [1.165, 1.54) is 23.5 Å². The highest BCUT2D eigenvalue weighted by atomic mass is 35.5. The summed E-state index contributed by atoms with van der Waals surface area (Å²) in [6, 6.07) is 3.86. The first-order valence-electron chi connectivity index (χ1n) is 6.70. The summed E-state index contributed by atoms with van der Waals surface area (Å²) < 4.78 is 38.6. The second-order valence-corrected chi connectivity index (χ2v) is 6.55. The Morgan fingerprint density at radius 3 is 2.55 bits per heavy atom. The lowest BCUT2D eigenvalue weighted by atomic mass is 9.95. The van der Waals surface area contributed by atoms with E-state index in [0.29, 0.717) is 11.1 Å². The van der Waals surface area contributed by atoms with Gasteiger partial charge in [0.2, 0.25) is 0 Å². The zero-order valence-electron chi connectivity index (χ0n) is 12.1. The van der Waals surface area contributed by atoms with Crippen LogP contribution in [0.1, 0.15) is 30.9 Å². The fourth-order valence-electron chi connectivity index (χ4n) is 2.21. The number of rotatable bonds is 5. The van der Waals surface area contributed by atoms with Crippen LogP contribution in [0.15, 0.2) is 23.6 Å². The summed E-state index contributed by atoms with van der Waals surface area (Å²) in [5, 5.41) is 11.9. The minimum absolute atomic E-state index is 0. The van der Waals surface area contributed by atoms with Gasteiger partial charge >= 0.3 is 6.18 Å². The average molecular weight is 354 g/mol. The van der Waals surface area contributed by atoms with Gasteiger partial charge in [0, 0.05) is 10.2 Å².